The highest BCUT2D eigenvalue weighted by atomic mass is 19.1. The van der Waals surface area contributed by atoms with Crippen LogP contribution in [0, 0.1) is 5.82 Å². The maximum atomic E-state index is 13.7. The van der Waals surface area contributed by atoms with E-state index in [1.54, 1.807) is 13.2 Å². The molecule has 0 aromatic heterocycles. The SMILES string of the molecule is COc1ccccc1NC1CC(c2ccccc2F)C1. The third kappa shape index (κ3) is 2.48. The number of para-hydroxylation sites is 2. The molecule has 20 heavy (non-hydrogen) atoms. The molecule has 104 valence electrons. The van der Waals surface area contributed by atoms with Crippen molar-refractivity contribution in [2.75, 3.05) is 12.4 Å². The summed E-state index contributed by atoms with van der Waals surface area (Å²) in [6.45, 7) is 0. The van der Waals surface area contributed by atoms with Crippen molar-refractivity contribution in [2.24, 2.45) is 0 Å². The summed E-state index contributed by atoms with van der Waals surface area (Å²) in [5, 5.41) is 3.47. The van der Waals surface area contributed by atoms with E-state index in [9.17, 15) is 4.39 Å². The molecule has 2 nitrogen and oxygen atoms in total. The number of anilines is 1. The Kier molecular flexibility index (Phi) is 3.59. The van der Waals surface area contributed by atoms with Gasteiger partial charge in [-0.05, 0) is 42.5 Å². The third-order valence-electron chi connectivity index (χ3n) is 3.95. The van der Waals surface area contributed by atoms with Crippen LogP contribution in [0.3, 0.4) is 0 Å². The molecule has 0 amide bonds. The van der Waals surface area contributed by atoms with Gasteiger partial charge in [-0.2, -0.15) is 0 Å². The molecule has 0 saturated heterocycles. The summed E-state index contributed by atoms with van der Waals surface area (Å²) in [6.07, 6.45) is 1.91. The predicted molar refractivity (Wildman–Crippen MR) is 78.8 cm³/mol. The van der Waals surface area contributed by atoms with E-state index >= 15 is 0 Å². The smallest absolute Gasteiger partial charge is 0.141 e. The van der Waals surface area contributed by atoms with Gasteiger partial charge in [0.1, 0.15) is 11.6 Å². The lowest BCUT2D eigenvalue weighted by atomic mass is 9.75. The second-order valence-corrected chi connectivity index (χ2v) is 5.23. The summed E-state index contributed by atoms with van der Waals surface area (Å²) < 4.78 is 19.0. The fourth-order valence-corrected chi connectivity index (χ4v) is 2.78. The topological polar surface area (TPSA) is 21.3 Å². The van der Waals surface area contributed by atoms with Crippen LogP contribution in [0.1, 0.15) is 24.3 Å². The molecular weight excluding hydrogens is 253 g/mol. The van der Waals surface area contributed by atoms with Crippen LogP contribution in [0.5, 0.6) is 5.75 Å². The highest BCUT2D eigenvalue weighted by molar-refractivity contribution is 5.57. The van der Waals surface area contributed by atoms with Crippen LogP contribution >= 0.6 is 0 Å². The summed E-state index contributed by atoms with van der Waals surface area (Å²) in [7, 11) is 1.67. The first-order valence-corrected chi connectivity index (χ1v) is 6.92. The fourth-order valence-electron chi connectivity index (χ4n) is 2.78. The van der Waals surface area contributed by atoms with E-state index in [1.807, 2.05) is 36.4 Å². The molecule has 0 radical (unpaired) electrons. The van der Waals surface area contributed by atoms with Crippen molar-refractivity contribution in [3.05, 3.63) is 59.9 Å². The Morgan fingerprint density at radius 1 is 1.05 bits per heavy atom. The van der Waals surface area contributed by atoms with Crippen LogP contribution < -0.4 is 10.1 Å². The Labute approximate surface area is 118 Å². The molecule has 2 aromatic rings. The second-order valence-electron chi connectivity index (χ2n) is 5.23. The highest BCUT2D eigenvalue weighted by Gasteiger charge is 2.32. The van der Waals surface area contributed by atoms with Crippen LogP contribution in [0.2, 0.25) is 0 Å². The molecule has 1 N–H and O–H groups in total. The number of ether oxygens (including phenoxy) is 1. The maximum Gasteiger partial charge on any atom is 0.141 e. The van der Waals surface area contributed by atoms with Crippen LogP contribution in [0.4, 0.5) is 10.1 Å². The molecule has 1 aliphatic rings. The number of methoxy groups -OCH3 is 1. The zero-order chi connectivity index (χ0) is 13.9. The molecular formula is C17H18FNO. The normalized spacial score (nSPS) is 21.1. The largest absolute Gasteiger partial charge is 0.495 e. The van der Waals surface area contributed by atoms with Crippen LogP contribution in [0.25, 0.3) is 0 Å². The Bertz CT molecular complexity index is 593. The molecule has 0 atom stereocenters. The Balaban J connectivity index is 1.63. The number of halogens is 1. The first-order chi connectivity index (χ1) is 9.78. The van der Waals surface area contributed by atoms with Gasteiger partial charge in [-0.1, -0.05) is 30.3 Å². The van der Waals surface area contributed by atoms with Crippen LogP contribution in [-0.2, 0) is 0 Å². The third-order valence-corrected chi connectivity index (χ3v) is 3.95. The quantitative estimate of drug-likeness (QED) is 0.900. The van der Waals surface area contributed by atoms with E-state index in [-0.39, 0.29) is 5.82 Å². The zero-order valence-corrected chi connectivity index (χ0v) is 11.5. The van der Waals surface area contributed by atoms with Crippen molar-refractivity contribution in [3.63, 3.8) is 0 Å². The summed E-state index contributed by atoms with van der Waals surface area (Å²) in [5.74, 6) is 1.08. The average molecular weight is 271 g/mol. The average Bonchev–Trinajstić information content (AvgIpc) is 2.44. The molecule has 1 saturated carbocycles. The van der Waals surface area contributed by atoms with Gasteiger partial charge in [0.25, 0.3) is 0 Å². The minimum Gasteiger partial charge on any atom is -0.495 e. The van der Waals surface area contributed by atoms with Crippen molar-refractivity contribution in [3.8, 4) is 5.75 Å². The standard InChI is InChI=1S/C17H18FNO/c1-20-17-9-5-4-8-16(17)19-13-10-12(11-13)14-6-2-3-7-15(14)18/h2-9,12-13,19H,10-11H2,1H3. The number of hydrogen-bond donors (Lipinski definition) is 1. The minimum atomic E-state index is -0.0896. The van der Waals surface area contributed by atoms with E-state index in [0.717, 1.165) is 29.8 Å². The van der Waals surface area contributed by atoms with Gasteiger partial charge in [0, 0.05) is 6.04 Å². The van der Waals surface area contributed by atoms with Gasteiger partial charge in [-0.3, -0.25) is 0 Å². The van der Waals surface area contributed by atoms with Gasteiger partial charge in [-0.15, -0.1) is 0 Å². The lowest BCUT2D eigenvalue weighted by Gasteiger charge is -2.37. The number of rotatable bonds is 4. The Morgan fingerprint density at radius 3 is 2.50 bits per heavy atom. The second kappa shape index (κ2) is 5.53. The van der Waals surface area contributed by atoms with E-state index in [2.05, 4.69) is 5.32 Å². The van der Waals surface area contributed by atoms with Crippen molar-refractivity contribution in [2.45, 2.75) is 24.8 Å². The lowest BCUT2D eigenvalue weighted by Crippen LogP contribution is -2.34. The first kappa shape index (κ1) is 13.0. The number of nitrogens with one attached hydrogen (secondary N) is 1. The fraction of sp³-hybridized carbons (Fsp3) is 0.294. The predicted octanol–water partition coefficient (Wildman–Crippen LogP) is 4.19. The highest BCUT2D eigenvalue weighted by Crippen LogP contribution is 2.40. The van der Waals surface area contributed by atoms with E-state index in [4.69, 9.17) is 4.74 Å². The van der Waals surface area contributed by atoms with Crippen molar-refractivity contribution < 1.29 is 9.13 Å². The van der Waals surface area contributed by atoms with E-state index < -0.39 is 0 Å². The zero-order valence-electron chi connectivity index (χ0n) is 11.5. The van der Waals surface area contributed by atoms with Gasteiger partial charge in [0.2, 0.25) is 0 Å². The summed E-state index contributed by atoms with van der Waals surface area (Å²) >= 11 is 0. The molecule has 0 aliphatic heterocycles. The van der Waals surface area contributed by atoms with Gasteiger partial charge in [-0.25, -0.2) is 4.39 Å². The van der Waals surface area contributed by atoms with Gasteiger partial charge < -0.3 is 10.1 Å². The monoisotopic (exact) mass is 271 g/mol. The molecule has 0 heterocycles. The summed E-state index contributed by atoms with van der Waals surface area (Å²) in [4.78, 5) is 0. The van der Waals surface area contributed by atoms with Crippen LogP contribution in [-0.4, -0.2) is 13.2 Å². The van der Waals surface area contributed by atoms with Crippen LogP contribution in [0.15, 0.2) is 48.5 Å². The minimum absolute atomic E-state index is 0.0896. The van der Waals surface area contributed by atoms with E-state index in [1.165, 1.54) is 6.07 Å². The summed E-state index contributed by atoms with van der Waals surface area (Å²) in [5.41, 5.74) is 1.84. The first-order valence-electron chi connectivity index (χ1n) is 6.92. The van der Waals surface area contributed by atoms with Gasteiger partial charge >= 0.3 is 0 Å². The molecule has 0 spiro atoms. The molecule has 0 unspecified atom stereocenters. The molecule has 3 rings (SSSR count). The van der Waals surface area contributed by atoms with E-state index in [0.29, 0.717) is 12.0 Å². The summed E-state index contributed by atoms with van der Waals surface area (Å²) in [6, 6.07) is 15.3. The maximum absolute atomic E-state index is 13.7. The number of benzene rings is 2. The molecule has 0 bridgehead atoms. The number of hydrogen-bond acceptors (Lipinski definition) is 2. The van der Waals surface area contributed by atoms with Crippen molar-refractivity contribution >= 4 is 5.69 Å². The molecule has 3 heteroatoms. The Hall–Kier alpha value is -2.03. The molecule has 1 aliphatic carbocycles. The van der Waals surface area contributed by atoms with Gasteiger partial charge in [0.15, 0.2) is 0 Å². The van der Waals surface area contributed by atoms with Crippen molar-refractivity contribution in [1.29, 1.82) is 0 Å². The lowest BCUT2D eigenvalue weighted by molar-refractivity contribution is 0.360. The van der Waals surface area contributed by atoms with Gasteiger partial charge in [0.05, 0.1) is 12.8 Å². The molecule has 1 fully saturated rings. The Morgan fingerprint density at radius 2 is 1.75 bits per heavy atom. The van der Waals surface area contributed by atoms with Crippen molar-refractivity contribution in [1.82, 2.24) is 0 Å². The molecule has 2 aromatic carbocycles.